The molecule has 0 aliphatic rings. The molecule has 0 bridgehead atoms. The van der Waals surface area contributed by atoms with E-state index in [4.69, 9.17) is 9.84 Å². The van der Waals surface area contributed by atoms with E-state index in [1.807, 2.05) is 13.8 Å². The molecule has 0 aromatic carbocycles. The van der Waals surface area contributed by atoms with Crippen LogP contribution in [0.4, 0.5) is 4.79 Å². The Morgan fingerprint density at radius 2 is 2.05 bits per heavy atom. The Bertz CT molecular complexity index is 505. The molecule has 1 amide bonds. The second-order valence-electron chi connectivity index (χ2n) is 6.20. The molecule has 1 unspecified atom stereocenters. The van der Waals surface area contributed by atoms with Gasteiger partial charge in [-0.05, 0) is 33.1 Å². The van der Waals surface area contributed by atoms with Crippen molar-refractivity contribution >= 4 is 23.4 Å². The largest absolute Gasteiger partial charge is 0.476 e. The van der Waals surface area contributed by atoms with Gasteiger partial charge in [0.1, 0.15) is 10.6 Å². The van der Waals surface area contributed by atoms with Gasteiger partial charge in [-0.15, -0.1) is 11.3 Å². The van der Waals surface area contributed by atoms with Crippen molar-refractivity contribution in [2.45, 2.75) is 52.7 Å². The number of rotatable bonds is 5. The van der Waals surface area contributed by atoms with E-state index in [1.165, 1.54) is 16.7 Å². The van der Waals surface area contributed by atoms with E-state index in [0.717, 1.165) is 0 Å². The normalized spacial score (nSPS) is 13.0. The summed E-state index contributed by atoms with van der Waals surface area (Å²) in [7, 11) is 0. The fourth-order valence-corrected chi connectivity index (χ4v) is 2.54. The third-order valence-electron chi connectivity index (χ3n) is 2.44. The van der Waals surface area contributed by atoms with Crippen molar-refractivity contribution in [2.24, 2.45) is 5.92 Å². The highest BCUT2D eigenvalue weighted by Gasteiger charge is 2.24. The van der Waals surface area contributed by atoms with Crippen LogP contribution in [-0.4, -0.2) is 27.8 Å². The Balaban J connectivity index is 2.84. The Hall–Kier alpha value is -1.63. The highest BCUT2D eigenvalue weighted by atomic mass is 32.1. The van der Waals surface area contributed by atoms with Crippen LogP contribution in [-0.2, 0) is 4.74 Å². The first-order chi connectivity index (χ1) is 9.58. The topological polar surface area (TPSA) is 88.5 Å². The summed E-state index contributed by atoms with van der Waals surface area (Å²) in [6.07, 6.45) is 0.131. The highest BCUT2D eigenvalue weighted by molar-refractivity contribution is 7.09. The molecule has 0 spiro atoms. The molecule has 118 valence electrons. The molecule has 0 aliphatic carbocycles. The summed E-state index contributed by atoms with van der Waals surface area (Å²) < 4.78 is 5.24. The van der Waals surface area contributed by atoms with E-state index in [1.54, 1.807) is 20.8 Å². The number of carboxylic acids is 1. The molecule has 1 heterocycles. The van der Waals surface area contributed by atoms with E-state index in [0.29, 0.717) is 17.3 Å². The third kappa shape index (κ3) is 6.12. The van der Waals surface area contributed by atoms with Crippen LogP contribution in [0.25, 0.3) is 0 Å². The molecular formula is C14H22N2O4S. The van der Waals surface area contributed by atoms with Crippen LogP contribution in [0.3, 0.4) is 0 Å². The number of nitrogens with one attached hydrogen (secondary N) is 1. The fourth-order valence-electron chi connectivity index (χ4n) is 1.69. The van der Waals surface area contributed by atoms with Crippen LogP contribution in [0, 0.1) is 5.92 Å². The summed E-state index contributed by atoms with van der Waals surface area (Å²) in [5.74, 6) is -0.750. The molecule has 0 saturated carbocycles. The van der Waals surface area contributed by atoms with Crippen molar-refractivity contribution in [3.8, 4) is 0 Å². The summed E-state index contributed by atoms with van der Waals surface area (Å²) in [5.41, 5.74) is -0.587. The van der Waals surface area contributed by atoms with E-state index in [2.05, 4.69) is 10.3 Å². The zero-order valence-corrected chi connectivity index (χ0v) is 13.8. The first-order valence-corrected chi connectivity index (χ1v) is 7.64. The molecule has 2 N–H and O–H groups in total. The van der Waals surface area contributed by atoms with Gasteiger partial charge in [-0.1, -0.05) is 13.8 Å². The van der Waals surface area contributed by atoms with Crippen LogP contribution in [0.15, 0.2) is 5.38 Å². The lowest BCUT2D eigenvalue weighted by molar-refractivity contribution is 0.0497. The lowest BCUT2D eigenvalue weighted by Gasteiger charge is -2.23. The van der Waals surface area contributed by atoms with Crippen LogP contribution in [0.1, 0.15) is 62.6 Å². The summed E-state index contributed by atoms with van der Waals surface area (Å²) in [5, 5.41) is 13.7. The van der Waals surface area contributed by atoms with Gasteiger partial charge in [-0.3, -0.25) is 0 Å². The molecular weight excluding hydrogens is 292 g/mol. The van der Waals surface area contributed by atoms with Gasteiger partial charge in [0.2, 0.25) is 0 Å². The molecule has 7 heteroatoms. The second-order valence-corrected chi connectivity index (χ2v) is 7.09. The van der Waals surface area contributed by atoms with E-state index < -0.39 is 17.7 Å². The monoisotopic (exact) mass is 314 g/mol. The number of ether oxygens (including phenoxy) is 1. The van der Waals surface area contributed by atoms with Gasteiger partial charge in [0.15, 0.2) is 5.69 Å². The number of aromatic carboxylic acids is 1. The first kappa shape index (κ1) is 17.4. The Labute approximate surface area is 128 Å². The molecule has 0 saturated heterocycles. The maximum absolute atomic E-state index is 11.9. The fraction of sp³-hybridized carbons (Fsp3) is 0.643. The van der Waals surface area contributed by atoms with Crippen molar-refractivity contribution in [3.05, 3.63) is 16.1 Å². The van der Waals surface area contributed by atoms with Crippen molar-refractivity contribution in [3.63, 3.8) is 0 Å². The SMILES string of the molecule is CC(C)CC(NC(=O)OC(C)(C)C)c1nc(C(=O)O)cs1. The summed E-state index contributed by atoms with van der Waals surface area (Å²) >= 11 is 1.23. The number of amides is 1. The molecule has 0 radical (unpaired) electrons. The average molecular weight is 314 g/mol. The minimum atomic E-state index is -1.07. The van der Waals surface area contributed by atoms with Crippen molar-refractivity contribution in [1.29, 1.82) is 0 Å². The standard InChI is InChI=1S/C14H22N2O4S/c1-8(2)6-9(16-13(19)20-14(3,4)5)11-15-10(7-21-11)12(17)18/h7-9H,6H2,1-5H3,(H,16,19)(H,17,18). The van der Waals surface area contributed by atoms with Gasteiger partial charge in [0.05, 0.1) is 6.04 Å². The summed E-state index contributed by atoms with van der Waals surface area (Å²) in [6, 6.07) is -0.349. The van der Waals surface area contributed by atoms with Gasteiger partial charge < -0.3 is 15.2 Å². The third-order valence-corrected chi connectivity index (χ3v) is 3.40. The van der Waals surface area contributed by atoms with E-state index >= 15 is 0 Å². The Kier molecular flexibility index (Phi) is 5.71. The molecule has 1 rings (SSSR count). The smallest absolute Gasteiger partial charge is 0.408 e. The van der Waals surface area contributed by atoms with E-state index in [-0.39, 0.29) is 11.7 Å². The number of carbonyl (C=O) groups excluding carboxylic acids is 1. The minimum Gasteiger partial charge on any atom is -0.476 e. The quantitative estimate of drug-likeness (QED) is 0.869. The number of thiazole rings is 1. The maximum atomic E-state index is 11.9. The predicted octanol–water partition coefficient (Wildman–Crippen LogP) is 3.45. The zero-order chi connectivity index (χ0) is 16.2. The molecule has 1 aromatic rings. The Morgan fingerprint density at radius 1 is 1.43 bits per heavy atom. The number of carbonyl (C=O) groups is 2. The highest BCUT2D eigenvalue weighted by Crippen LogP contribution is 2.25. The van der Waals surface area contributed by atoms with Crippen LogP contribution in [0.2, 0.25) is 0 Å². The van der Waals surface area contributed by atoms with Crippen LogP contribution >= 0.6 is 11.3 Å². The Morgan fingerprint density at radius 3 is 2.48 bits per heavy atom. The van der Waals surface area contributed by atoms with Crippen molar-refractivity contribution in [2.75, 3.05) is 0 Å². The molecule has 0 aliphatic heterocycles. The number of nitrogens with zero attached hydrogens (tertiary/aromatic N) is 1. The minimum absolute atomic E-state index is 0.00487. The van der Waals surface area contributed by atoms with Crippen LogP contribution in [0.5, 0.6) is 0 Å². The average Bonchev–Trinajstić information content (AvgIpc) is 2.73. The number of hydrogen-bond donors (Lipinski definition) is 2. The van der Waals surface area contributed by atoms with Crippen LogP contribution < -0.4 is 5.32 Å². The van der Waals surface area contributed by atoms with Crippen molar-refractivity contribution < 1.29 is 19.4 Å². The number of hydrogen-bond acceptors (Lipinski definition) is 5. The lowest BCUT2D eigenvalue weighted by atomic mass is 10.0. The summed E-state index contributed by atoms with van der Waals surface area (Å²) in [6.45, 7) is 9.41. The van der Waals surface area contributed by atoms with E-state index in [9.17, 15) is 9.59 Å². The predicted molar refractivity (Wildman–Crippen MR) is 80.6 cm³/mol. The zero-order valence-electron chi connectivity index (χ0n) is 13.0. The number of carboxylic acid groups (broad SMARTS) is 1. The molecule has 6 nitrogen and oxygen atoms in total. The first-order valence-electron chi connectivity index (χ1n) is 6.76. The van der Waals surface area contributed by atoms with Gasteiger partial charge in [0, 0.05) is 5.38 Å². The van der Waals surface area contributed by atoms with Crippen molar-refractivity contribution in [1.82, 2.24) is 10.3 Å². The van der Waals surface area contributed by atoms with Gasteiger partial charge in [-0.2, -0.15) is 0 Å². The van der Waals surface area contributed by atoms with Gasteiger partial charge in [-0.25, -0.2) is 14.6 Å². The van der Waals surface area contributed by atoms with Gasteiger partial charge >= 0.3 is 12.1 Å². The molecule has 0 fully saturated rings. The number of alkyl carbamates (subject to hydrolysis) is 1. The maximum Gasteiger partial charge on any atom is 0.408 e. The molecule has 21 heavy (non-hydrogen) atoms. The van der Waals surface area contributed by atoms with Gasteiger partial charge in [0.25, 0.3) is 0 Å². The molecule has 1 atom stereocenters. The lowest BCUT2D eigenvalue weighted by Crippen LogP contribution is -2.35. The second kappa shape index (κ2) is 6.89. The molecule has 1 aromatic heterocycles. The summed E-state index contributed by atoms with van der Waals surface area (Å²) in [4.78, 5) is 26.9. The number of aromatic nitrogens is 1.